The molecule has 122 valence electrons. The summed E-state index contributed by atoms with van der Waals surface area (Å²) in [5.41, 5.74) is 4.28. The third kappa shape index (κ3) is 3.99. The van der Waals surface area contributed by atoms with Gasteiger partial charge >= 0.3 is 0 Å². The fourth-order valence-electron chi connectivity index (χ4n) is 2.48. The van der Waals surface area contributed by atoms with Gasteiger partial charge in [0.25, 0.3) is 5.91 Å². The molecule has 1 N–H and O–H groups in total. The van der Waals surface area contributed by atoms with Crippen LogP contribution in [0, 0.1) is 6.92 Å². The molecule has 1 amide bonds. The van der Waals surface area contributed by atoms with Crippen molar-refractivity contribution in [3.05, 3.63) is 70.8 Å². The van der Waals surface area contributed by atoms with Crippen LogP contribution in [0.3, 0.4) is 0 Å². The SMILES string of the molecule is CC(=O)c1ccc(/C=C(/C(=O)NC2CC2)c2ccc(C)cc2)cc1. The molecule has 1 aliphatic rings. The molecule has 1 saturated carbocycles. The van der Waals surface area contributed by atoms with Gasteiger partial charge in [-0.25, -0.2) is 0 Å². The van der Waals surface area contributed by atoms with Crippen LogP contribution in [0.25, 0.3) is 11.6 Å². The van der Waals surface area contributed by atoms with Crippen LogP contribution in [-0.2, 0) is 4.79 Å². The molecule has 0 radical (unpaired) electrons. The summed E-state index contributed by atoms with van der Waals surface area (Å²) >= 11 is 0. The van der Waals surface area contributed by atoms with Gasteiger partial charge in [-0.15, -0.1) is 0 Å². The third-order valence-corrected chi connectivity index (χ3v) is 4.15. The maximum Gasteiger partial charge on any atom is 0.252 e. The molecule has 3 nitrogen and oxygen atoms in total. The predicted octanol–water partition coefficient (Wildman–Crippen LogP) is 4.02. The topological polar surface area (TPSA) is 46.2 Å². The van der Waals surface area contributed by atoms with Crippen LogP contribution < -0.4 is 5.32 Å². The molecule has 0 bridgehead atoms. The van der Waals surface area contributed by atoms with Crippen LogP contribution in [0.5, 0.6) is 0 Å². The highest BCUT2D eigenvalue weighted by Crippen LogP contribution is 2.24. The van der Waals surface area contributed by atoms with Crippen molar-refractivity contribution in [2.75, 3.05) is 0 Å². The Bertz CT molecular complexity index is 782. The summed E-state index contributed by atoms with van der Waals surface area (Å²) in [6.07, 6.45) is 3.99. The Morgan fingerprint density at radius 3 is 2.08 bits per heavy atom. The van der Waals surface area contributed by atoms with Gasteiger partial charge in [-0.2, -0.15) is 0 Å². The van der Waals surface area contributed by atoms with Gasteiger partial charge in [0.05, 0.1) is 0 Å². The van der Waals surface area contributed by atoms with E-state index >= 15 is 0 Å². The van der Waals surface area contributed by atoms with Crippen LogP contribution >= 0.6 is 0 Å². The van der Waals surface area contributed by atoms with E-state index in [1.54, 1.807) is 19.1 Å². The number of nitrogens with one attached hydrogen (secondary N) is 1. The summed E-state index contributed by atoms with van der Waals surface area (Å²) in [4.78, 5) is 24.0. The summed E-state index contributed by atoms with van der Waals surface area (Å²) in [5, 5.41) is 3.06. The van der Waals surface area contributed by atoms with Gasteiger partial charge in [0.1, 0.15) is 0 Å². The van der Waals surface area contributed by atoms with Gasteiger partial charge in [0.15, 0.2) is 5.78 Å². The summed E-state index contributed by atoms with van der Waals surface area (Å²) in [6.45, 7) is 3.57. The number of rotatable bonds is 5. The first-order valence-electron chi connectivity index (χ1n) is 8.23. The maximum absolute atomic E-state index is 12.6. The Morgan fingerprint density at radius 1 is 0.958 bits per heavy atom. The number of amides is 1. The fourth-order valence-corrected chi connectivity index (χ4v) is 2.48. The number of aryl methyl sites for hydroxylation is 1. The Hall–Kier alpha value is -2.68. The van der Waals surface area contributed by atoms with E-state index in [-0.39, 0.29) is 11.7 Å². The van der Waals surface area contributed by atoms with Crippen molar-refractivity contribution in [3.63, 3.8) is 0 Å². The molecule has 3 heteroatoms. The Balaban J connectivity index is 1.94. The zero-order valence-electron chi connectivity index (χ0n) is 14.0. The number of ketones is 1. The van der Waals surface area contributed by atoms with Crippen molar-refractivity contribution >= 4 is 23.3 Å². The minimum Gasteiger partial charge on any atom is -0.349 e. The first kappa shape index (κ1) is 16.2. The number of carbonyl (C=O) groups excluding carboxylic acids is 2. The monoisotopic (exact) mass is 319 g/mol. The van der Waals surface area contributed by atoms with Crippen LogP contribution in [-0.4, -0.2) is 17.7 Å². The first-order chi connectivity index (χ1) is 11.5. The van der Waals surface area contributed by atoms with Crippen molar-refractivity contribution < 1.29 is 9.59 Å². The summed E-state index contributed by atoms with van der Waals surface area (Å²) in [5.74, 6) is -0.00670. The Morgan fingerprint density at radius 2 is 1.54 bits per heavy atom. The molecule has 0 atom stereocenters. The van der Waals surface area contributed by atoms with E-state index < -0.39 is 0 Å². The number of carbonyl (C=O) groups is 2. The molecule has 3 rings (SSSR count). The van der Waals surface area contributed by atoms with E-state index in [1.165, 1.54) is 0 Å². The zero-order chi connectivity index (χ0) is 17.1. The number of benzene rings is 2. The van der Waals surface area contributed by atoms with Gasteiger partial charge in [0, 0.05) is 17.2 Å². The minimum absolute atomic E-state index is 0.0377. The molecule has 0 saturated heterocycles. The smallest absolute Gasteiger partial charge is 0.252 e. The maximum atomic E-state index is 12.6. The van der Waals surface area contributed by atoms with Gasteiger partial charge in [-0.1, -0.05) is 54.1 Å². The summed E-state index contributed by atoms with van der Waals surface area (Å²) < 4.78 is 0. The van der Waals surface area contributed by atoms with Crippen molar-refractivity contribution in [1.82, 2.24) is 5.32 Å². The number of Topliss-reactive ketones (excluding diaryl/α,β-unsaturated/α-hetero) is 1. The standard InChI is InChI=1S/C21H21NO2/c1-14-3-7-18(8-4-14)20(21(24)22-19-11-12-19)13-16-5-9-17(10-6-16)15(2)23/h3-10,13,19H,11-12H2,1-2H3,(H,22,24)/b20-13+. The second-order valence-electron chi connectivity index (χ2n) is 6.35. The molecule has 0 unspecified atom stereocenters. The minimum atomic E-state index is -0.0444. The molecule has 1 fully saturated rings. The molecule has 0 aliphatic heterocycles. The van der Waals surface area contributed by atoms with Crippen LogP contribution in [0.15, 0.2) is 48.5 Å². The van der Waals surface area contributed by atoms with Crippen LogP contribution in [0.2, 0.25) is 0 Å². The van der Waals surface area contributed by atoms with Crippen molar-refractivity contribution in [2.24, 2.45) is 0 Å². The van der Waals surface area contributed by atoms with E-state index in [0.717, 1.165) is 29.5 Å². The van der Waals surface area contributed by atoms with E-state index in [0.29, 0.717) is 17.2 Å². The lowest BCUT2D eigenvalue weighted by atomic mass is 10.00. The molecule has 2 aromatic rings. The Kier molecular flexibility index (Phi) is 4.61. The largest absolute Gasteiger partial charge is 0.349 e. The fraction of sp³-hybridized carbons (Fsp3) is 0.238. The number of hydrogen-bond donors (Lipinski definition) is 1. The molecule has 2 aromatic carbocycles. The van der Waals surface area contributed by atoms with Gasteiger partial charge in [-0.05, 0) is 43.9 Å². The van der Waals surface area contributed by atoms with E-state index in [9.17, 15) is 9.59 Å². The molecule has 0 heterocycles. The Labute approximate surface area is 142 Å². The first-order valence-corrected chi connectivity index (χ1v) is 8.23. The van der Waals surface area contributed by atoms with E-state index in [4.69, 9.17) is 0 Å². The average molecular weight is 319 g/mol. The van der Waals surface area contributed by atoms with Crippen molar-refractivity contribution in [2.45, 2.75) is 32.7 Å². The molecule has 1 aliphatic carbocycles. The lowest BCUT2D eigenvalue weighted by Crippen LogP contribution is -2.26. The van der Waals surface area contributed by atoms with Crippen LogP contribution in [0.4, 0.5) is 0 Å². The molecular formula is C21H21NO2. The van der Waals surface area contributed by atoms with Crippen LogP contribution in [0.1, 0.15) is 46.8 Å². The highest BCUT2D eigenvalue weighted by molar-refractivity contribution is 6.24. The van der Waals surface area contributed by atoms with E-state index in [1.807, 2.05) is 49.4 Å². The second kappa shape index (κ2) is 6.83. The van der Waals surface area contributed by atoms with Crippen molar-refractivity contribution in [1.29, 1.82) is 0 Å². The van der Waals surface area contributed by atoms with Gasteiger partial charge < -0.3 is 5.32 Å². The highest BCUT2D eigenvalue weighted by atomic mass is 16.1. The molecular weight excluding hydrogens is 298 g/mol. The zero-order valence-corrected chi connectivity index (χ0v) is 14.0. The third-order valence-electron chi connectivity index (χ3n) is 4.15. The summed E-state index contributed by atoms with van der Waals surface area (Å²) in [6, 6.07) is 15.6. The quantitative estimate of drug-likeness (QED) is 0.514. The molecule has 24 heavy (non-hydrogen) atoms. The van der Waals surface area contributed by atoms with Gasteiger partial charge in [-0.3, -0.25) is 9.59 Å². The normalized spacial score (nSPS) is 14.3. The van der Waals surface area contributed by atoms with E-state index in [2.05, 4.69) is 5.32 Å². The number of hydrogen-bond acceptors (Lipinski definition) is 2. The molecule has 0 aromatic heterocycles. The summed E-state index contributed by atoms with van der Waals surface area (Å²) in [7, 11) is 0. The van der Waals surface area contributed by atoms with Gasteiger partial charge in [0.2, 0.25) is 0 Å². The van der Waals surface area contributed by atoms with Crippen molar-refractivity contribution in [3.8, 4) is 0 Å². The highest BCUT2D eigenvalue weighted by Gasteiger charge is 2.25. The molecule has 0 spiro atoms. The predicted molar refractivity (Wildman–Crippen MR) is 96.7 cm³/mol. The lowest BCUT2D eigenvalue weighted by molar-refractivity contribution is -0.115. The average Bonchev–Trinajstić information content (AvgIpc) is 3.38. The lowest BCUT2D eigenvalue weighted by Gasteiger charge is -2.10. The second-order valence-corrected chi connectivity index (χ2v) is 6.35.